The number of amides is 1. The maximum atomic E-state index is 13.6. The molecule has 2 N–H and O–H groups in total. The van der Waals surface area contributed by atoms with Crippen LogP contribution in [0.1, 0.15) is 15.2 Å². The lowest BCUT2D eigenvalue weighted by molar-refractivity contribution is 0.103. The van der Waals surface area contributed by atoms with E-state index in [0.717, 1.165) is 32.2 Å². The molecule has 5 aromatic rings. The Hall–Kier alpha value is -3.51. The zero-order valence-corrected chi connectivity index (χ0v) is 16.3. The normalized spacial score (nSPS) is 11.2. The van der Waals surface area contributed by atoms with Crippen molar-refractivity contribution >= 4 is 44.1 Å². The van der Waals surface area contributed by atoms with Gasteiger partial charge in [0.1, 0.15) is 11.6 Å². The summed E-state index contributed by atoms with van der Waals surface area (Å²) >= 11 is 1.36. The SMILES string of the molecule is Cc1c(C(=O)Nc2ccccc2-c2nc3ccccc3[nH]2)sc2ccc(F)cc12. The van der Waals surface area contributed by atoms with Gasteiger partial charge >= 0.3 is 0 Å². The molecule has 0 aliphatic rings. The summed E-state index contributed by atoms with van der Waals surface area (Å²) in [5.41, 5.74) is 4.06. The summed E-state index contributed by atoms with van der Waals surface area (Å²) < 4.78 is 14.5. The maximum absolute atomic E-state index is 13.6. The van der Waals surface area contributed by atoms with E-state index in [2.05, 4.69) is 15.3 Å². The number of imidazole rings is 1. The third-order valence-electron chi connectivity index (χ3n) is 4.92. The number of aromatic nitrogens is 2. The monoisotopic (exact) mass is 401 g/mol. The van der Waals surface area contributed by atoms with Crippen molar-refractivity contribution in [3.63, 3.8) is 0 Å². The number of benzene rings is 3. The summed E-state index contributed by atoms with van der Waals surface area (Å²) in [6, 6.07) is 19.9. The number of fused-ring (bicyclic) bond motifs is 2. The van der Waals surface area contributed by atoms with E-state index >= 15 is 0 Å². The van der Waals surface area contributed by atoms with Crippen LogP contribution in [0.2, 0.25) is 0 Å². The molecule has 2 aromatic heterocycles. The van der Waals surface area contributed by atoms with Crippen molar-refractivity contribution < 1.29 is 9.18 Å². The van der Waals surface area contributed by atoms with Gasteiger partial charge in [-0.25, -0.2) is 9.37 Å². The fourth-order valence-corrected chi connectivity index (χ4v) is 4.55. The van der Waals surface area contributed by atoms with Gasteiger partial charge in [-0.05, 0) is 60.3 Å². The number of hydrogen-bond donors (Lipinski definition) is 2. The van der Waals surface area contributed by atoms with E-state index in [0.29, 0.717) is 16.4 Å². The number of nitrogens with zero attached hydrogens (tertiary/aromatic N) is 1. The van der Waals surface area contributed by atoms with Crippen LogP contribution in [-0.2, 0) is 0 Å². The number of aryl methyl sites for hydroxylation is 1. The number of hydrogen-bond acceptors (Lipinski definition) is 3. The van der Waals surface area contributed by atoms with Gasteiger partial charge in [0.15, 0.2) is 0 Å². The number of aromatic amines is 1. The Morgan fingerprint density at radius 2 is 1.86 bits per heavy atom. The molecule has 0 aliphatic heterocycles. The first kappa shape index (κ1) is 17.6. The Balaban J connectivity index is 1.53. The Morgan fingerprint density at radius 3 is 2.72 bits per heavy atom. The van der Waals surface area contributed by atoms with Crippen LogP contribution in [0.3, 0.4) is 0 Å². The molecule has 5 rings (SSSR count). The topological polar surface area (TPSA) is 57.8 Å². The quantitative estimate of drug-likeness (QED) is 0.381. The van der Waals surface area contributed by atoms with Crippen molar-refractivity contribution in [2.75, 3.05) is 5.32 Å². The minimum Gasteiger partial charge on any atom is -0.338 e. The molecule has 0 saturated heterocycles. The van der Waals surface area contributed by atoms with Gasteiger partial charge in [-0.2, -0.15) is 0 Å². The highest BCUT2D eigenvalue weighted by atomic mass is 32.1. The molecule has 0 saturated carbocycles. The Bertz CT molecular complexity index is 1350. The predicted molar refractivity (Wildman–Crippen MR) is 116 cm³/mol. The number of nitrogens with one attached hydrogen (secondary N) is 2. The molecule has 3 aromatic carbocycles. The van der Waals surface area contributed by atoms with Crippen LogP contribution in [0.15, 0.2) is 66.7 Å². The largest absolute Gasteiger partial charge is 0.338 e. The van der Waals surface area contributed by atoms with Gasteiger partial charge in [-0.1, -0.05) is 24.3 Å². The molecular formula is C23H16FN3OS. The fraction of sp³-hybridized carbons (Fsp3) is 0.0435. The Labute approximate surface area is 170 Å². The van der Waals surface area contributed by atoms with Gasteiger partial charge in [0, 0.05) is 10.3 Å². The summed E-state index contributed by atoms with van der Waals surface area (Å²) in [5.74, 6) is 0.172. The third-order valence-corrected chi connectivity index (χ3v) is 6.20. The van der Waals surface area contributed by atoms with Crippen LogP contribution in [0, 0.1) is 12.7 Å². The first-order chi connectivity index (χ1) is 14.1. The molecule has 4 nitrogen and oxygen atoms in total. The summed E-state index contributed by atoms with van der Waals surface area (Å²) in [6.45, 7) is 1.85. The van der Waals surface area contributed by atoms with Crippen LogP contribution in [0.5, 0.6) is 0 Å². The van der Waals surface area contributed by atoms with Gasteiger partial charge in [0.05, 0.1) is 21.6 Å². The highest BCUT2D eigenvalue weighted by Crippen LogP contribution is 2.33. The molecule has 1 amide bonds. The molecule has 142 valence electrons. The molecule has 29 heavy (non-hydrogen) atoms. The highest BCUT2D eigenvalue weighted by molar-refractivity contribution is 7.21. The highest BCUT2D eigenvalue weighted by Gasteiger charge is 2.18. The Morgan fingerprint density at radius 1 is 1.07 bits per heavy atom. The van der Waals surface area contributed by atoms with Crippen LogP contribution in [0.25, 0.3) is 32.5 Å². The maximum Gasteiger partial charge on any atom is 0.266 e. The molecule has 0 aliphatic carbocycles. The molecule has 0 bridgehead atoms. The lowest BCUT2D eigenvalue weighted by Crippen LogP contribution is -2.12. The summed E-state index contributed by atoms with van der Waals surface area (Å²) in [6.07, 6.45) is 0. The Kier molecular flexibility index (Phi) is 4.14. The molecule has 0 radical (unpaired) electrons. The van der Waals surface area contributed by atoms with E-state index in [9.17, 15) is 9.18 Å². The lowest BCUT2D eigenvalue weighted by Gasteiger charge is -2.09. The molecule has 0 unspecified atom stereocenters. The van der Waals surface area contributed by atoms with E-state index in [-0.39, 0.29) is 11.7 Å². The number of thiophene rings is 1. The van der Waals surface area contributed by atoms with E-state index in [1.54, 1.807) is 6.07 Å². The summed E-state index contributed by atoms with van der Waals surface area (Å²) in [7, 11) is 0. The zero-order chi connectivity index (χ0) is 20.0. The molecule has 0 fully saturated rings. The molecule has 2 heterocycles. The minimum atomic E-state index is -0.305. The molecule has 0 spiro atoms. The average Bonchev–Trinajstić information content (AvgIpc) is 3.30. The smallest absolute Gasteiger partial charge is 0.266 e. The number of anilines is 1. The van der Waals surface area contributed by atoms with Crippen LogP contribution < -0.4 is 5.32 Å². The fourth-order valence-electron chi connectivity index (χ4n) is 3.47. The van der Waals surface area contributed by atoms with Crippen LogP contribution in [0.4, 0.5) is 10.1 Å². The number of H-pyrrole nitrogens is 1. The van der Waals surface area contributed by atoms with Gasteiger partial charge in [-0.15, -0.1) is 11.3 Å². The lowest BCUT2D eigenvalue weighted by atomic mass is 10.1. The van der Waals surface area contributed by atoms with Gasteiger partial charge < -0.3 is 10.3 Å². The number of carbonyl (C=O) groups is 1. The standard InChI is InChI=1S/C23H16FN3OS/c1-13-16-12-14(24)10-11-20(16)29-21(13)23(28)27-17-7-3-2-6-15(17)22-25-18-8-4-5-9-19(18)26-22/h2-12H,1H3,(H,25,26)(H,27,28). The summed E-state index contributed by atoms with van der Waals surface area (Å²) in [4.78, 5) is 21.5. The van der Waals surface area contributed by atoms with E-state index in [1.807, 2.05) is 55.5 Å². The first-order valence-electron chi connectivity index (χ1n) is 9.14. The number of carbonyl (C=O) groups excluding carboxylic acids is 1. The van der Waals surface area contributed by atoms with Gasteiger partial charge in [0.2, 0.25) is 0 Å². The minimum absolute atomic E-state index is 0.215. The molecular weight excluding hydrogens is 385 g/mol. The second kappa shape index (κ2) is 6.83. The van der Waals surface area contributed by atoms with Crippen molar-refractivity contribution in [1.29, 1.82) is 0 Å². The number of halogens is 1. The van der Waals surface area contributed by atoms with Crippen molar-refractivity contribution in [3.8, 4) is 11.4 Å². The second-order valence-electron chi connectivity index (χ2n) is 6.80. The van der Waals surface area contributed by atoms with Gasteiger partial charge in [0.25, 0.3) is 5.91 Å². The predicted octanol–water partition coefficient (Wildman–Crippen LogP) is 6.14. The summed E-state index contributed by atoms with van der Waals surface area (Å²) in [5, 5.41) is 3.77. The van der Waals surface area contributed by atoms with Crippen molar-refractivity contribution in [3.05, 3.63) is 83.0 Å². The zero-order valence-electron chi connectivity index (χ0n) is 15.5. The van der Waals surface area contributed by atoms with Crippen LogP contribution in [-0.4, -0.2) is 15.9 Å². The molecule has 0 atom stereocenters. The van der Waals surface area contributed by atoms with Crippen LogP contribution >= 0.6 is 11.3 Å². The van der Waals surface area contributed by atoms with Gasteiger partial charge in [-0.3, -0.25) is 4.79 Å². The number of rotatable bonds is 3. The number of para-hydroxylation sites is 3. The average molecular weight is 401 g/mol. The van der Waals surface area contributed by atoms with E-state index in [4.69, 9.17) is 0 Å². The second-order valence-corrected chi connectivity index (χ2v) is 7.85. The molecule has 6 heteroatoms. The van der Waals surface area contributed by atoms with Crippen molar-refractivity contribution in [2.45, 2.75) is 6.92 Å². The van der Waals surface area contributed by atoms with Crippen molar-refractivity contribution in [2.24, 2.45) is 0 Å². The van der Waals surface area contributed by atoms with E-state index in [1.165, 1.54) is 23.5 Å². The third kappa shape index (κ3) is 3.07. The first-order valence-corrected chi connectivity index (χ1v) is 9.96. The van der Waals surface area contributed by atoms with Crippen molar-refractivity contribution in [1.82, 2.24) is 9.97 Å². The van der Waals surface area contributed by atoms with E-state index < -0.39 is 0 Å².